The van der Waals surface area contributed by atoms with Crippen LogP contribution >= 0.6 is 0 Å². The first-order chi connectivity index (χ1) is 8.74. The lowest BCUT2D eigenvalue weighted by molar-refractivity contribution is 0.304. The van der Waals surface area contributed by atoms with Crippen molar-refractivity contribution in [3.63, 3.8) is 0 Å². The van der Waals surface area contributed by atoms with Gasteiger partial charge in [-0.05, 0) is 30.9 Å². The molecule has 1 rings (SSSR count). The summed E-state index contributed by atoms with van der Waals surface area (Å²) in [5.41, 5.74) is 3.97. The zero-order chi connectivity index (χ0) is 14.6. The molecule has 0 spiro atoms. The van der Waals surface area contributed by atoms with E-state index in [-0.39, 0.29) is 10.9 Å². The normalized spacial score (nSPS) is 12.6. The summed E-state index contributed by atoms with van der Waals surface area (Å²) in [6.45, 7) is 10.2. The molecule has 1 aromatic carbocycles. The van der Waals surface area contributed by atoms with Gasteiger partial charge in [-0.2, -0.15) is 0 Å². The van der Waals surface area contributed by atoms with Gasteiger partial charge >= 0.3 is 0 Å². The third kappa shape index (κ3) is 4.60. The Bertz CT molecular complexity index is 485. The summed E-state index contributed by atoms with van der Waals surface area (Å²) in [6.07, 6.45) is 0. The average molecular weight is 284 g/mol. The Morgan fingerprint density at radius 3 is 1.84 bits per heavy atom. The maximum Gasteiger partial charge on any atom is 0.253 e. The molecule has 0 aliphatic heterocycles. The van der Waals surface area contributed by atoms with Crippen molar-refractivity contribution >= 4 is 10.0 Å². The SMILES string of the molecule is Cc1ccc(S(=O)(=O)NNC(C(C)C)C(C)C)cc1. The highest BCUT2D eigenvalue weighted by Gasteiger charge is 2.20. The second kappa shape index (κ2) is 6.50. The van der Waals surface area contributed by atoms with Crippen LogP contribution in [0.1, 0.15) is 33.3 Å². The standard InChI is InChI=1S/C14H24N2O2S/c1-10(2)14(11(3)4)15-16-19(17,18)13-8-6-12(5)7-9-13/h6-11,14-16H,1-5H3. The van der Waals surface area contributed by atoms with Crippen LogP contribution in [0.4, 0.5) is 0 Å². The number of rotatable bonds is 6. The Morgan fingerprint density at radius 1 is 0.947 bits per heavy atom. The Labute approximate surface area is 116 Å². The number of sulfonamides is 1. The van der Waals surface area contributed by atoms with Crippen molar-refractivity contribution < 1.29 is 8.42 Å². The summed E-state index contributed by atoms with van der Waals surface area (Å²) in [4.78, 5) is 2.75. The minimum atomic E-state index is -3.50. The lowest BCUT2D eigenvalue weighted by Crippen LogP contribution is -2.49. The number of nitrogens with one attached hydrogen (secondary N) is 2. The van der Waals surface area contributed by atoms with Gasteiger partial charge in [-0.25, -0.2) is 13.8 Å². The molecule has 0 saturated carbocycles. The van der Waals surface area contributed by atoms with E-state index in [1.54, 1.807) is 24.3 Å². The second-order valence-corrected chi connectivity index (χ2v) is 7.26. The van der Waals surface area contributed by atoms with Crippen LogP contribution in [0.5, 0.6) is 0 Å². The summed E-state index contributed by atoms with van der Waals surface area (Å²) in [5.74, 6) is 0.696. The molecule has 0 bridgehead atoms. The third-order valence-corrected chi connectivity index (χ3v) is 4.41. The van der Waals surface area contributed by atoms with Crippen LogP contribution in [0.25, 0.3) is 0 Å². The molecule has 0 unspecified atom stereocenters. The predicted molar refractivity (Wildman–Crippen MR) is 78.1 cm³/mol. The van der Waals surface area contributed by atoms with E-state index >= 15 is 0 Å². The molecule has 0 aliphatic rings. The Hall–Kier alpha value is -0.910. The second-order valence-electron chi connectivity index (χ2n) is 5.58. The van der Waals surface area contributed by atoms with Gasteiger partial charge in [0.15, 0.2) is 0 Å². The topological polar surface area (TPSA) is 58.2 Å². The molecule has 0 heterocycles. The summed E-state index contributed by atoms with van der Waals surface area (Å²) < 4.78 is 24.2. The quantitative estimate of drug-likeness (QED) is 0.789. The third-order valence-electron chi connectivity index (χ3n) is 3.13. The van der Waals surface area contributed by atoms with Gasteiger partial charge in [0, 0.05) is 6.04 Å². The van der Waals surface area contributed by atoms with Crippen LogP contribution in [0.15, 0.2) is 29.2 Å². The maximum atomic E-state index is 12.1. The molecule has 0 aromatic heterocycles. The lowest BCUT2D eigenvalue weighted by atomic mass is 9.94. The fourth-order valence-corrected chi connectivity index (χ4v) is 2.93. The fraction of sp³-hybridized carbons (Fsp3) is 0.571. The molecule has 1 aromatic rings. The molecule has 0 amide bonds. The van der Waals surface area contributed by atoms with Crippen molar-refractivity contribution in [2.45, 2.75) is 45.6 Å². The summed E-state index contributed by atoms with van der Waals surface area (Å²) in [5, 5.41) is 0. The molecule has 0 fully saturated rings. The van der Waals surface area contributed by atoms with Crippen molar-refractivity contribution in [2.75, 3.05) is 0 Å². The molecule has 5 heteroatoms. The minimum Gasteiger partial charge on any atom is -0.240 e. The zero-order valence-electron chi connectivity index (χ0n) is 12.3. The Kier molecular flexibility index (Phi) is 5.52. The predicted octanol–water partition coefficient (Wildman–Crippen LogP) is 2.46. The van der Waals surface area contributed by atoms with E-state index in [0.717, 1.165) is 5.56 Å². The van der Waals surface area contributed by atoms with Gasteiger partial charge in [0.1, 0.15) is 0 Å². The zero-order valence-corrected chi connectivity index (χ0v) is 13.1. The van der Waals surface area contributed by atoms with E-state index in [4.69, 9.17) is 0 Å². The van der Waals surface area contributed by atoms with Gasteiger partial charge in [-0.15, -0.1) is 4.83 Å². The van der Waals surface area contributed by atoms with Crippen molar-refractivity contribution in [1.29, 1.82) is 0 Å². The Morgan fingerprint density at radius 2 is 1.42 bits per heavy atom. The van der Waals surface area contributed by atoms with Gasteiger partial charge < -0.3 is 0 Å². The van der Waals surface area contributed by atoms with E-state index in [2.05, 4.69) is 38.0 Å². The monoisotopic (exact) mass is 284 g/mol. The lowest BCUT2D eigenvalue weighted by Gasteiger charge is -2.26. The molecule has 19 heavy (non-hydrogen) atoms. The molecular formula is C14H24N2O2S. The molecule has 4 nitrogen and oxygen atoms in total. The molecule has 108 valence electrons. The van der Waals surface area contributed by atoms with Crippen LogP contribution in [0.3, 0.4) is 0 Å². The minimum absolute atomic E-state index is 0.0974. The van der Waals surface area contributed by atoms with E-state index < -0.39 is 10.0 Å². The highest BCUT2D eigenvalue weighted by atomic mass is 32.2. The van der Waals surface area contributed by atoms with Crippen molar-refractivity contribution in [3.8, 4) is 0 Å². The number of hydrogen-bond donors (Lipinski definition) is 2. The highest BCUT2D eigenvalue weighted by Crippen LogP contribution is 2.13. The van der Waals surface area contributed by atoms with E-state index in [9.17, 15) is 8.42 Å². The number of hydrazine groups is 1. The number of aryl methyl sites for hydroxylation is 1. The van der Waals surface area contributed by atoms with Crippen molar-refractivity contribution in [2.24, 2.45) is 11.8 Å². The highest BCUT2D eigenvalue weighted by molar-refractivity contribution is 7.89. The first-order valence-corrected chi connectivity index (χ1v) is 8.06. The number of hydrogen-bond acceptors (Lipinski definition) is 3. The molecular weight excluding hydrogens is 260 g/mol. The molecule has 0 aliphatic carbocycles. The van der Waals surface area contributed by atoms with Crippen LogP contribution in [-0.4, -0.2) is 14.5 Å². The van der Waals surface area contributed by atoms with E-state index in [1.165, 1.54) is 0 Å². The van der Waals surface area contributed by atoms with Crippen molar-refractivity contribution in [3.05, 3.63) is 29.8 Å². The van der Waals surface area contributed by atoms with Crippen LogP contribution in [0, 0.1) is 18.8 Å². The van der Waals surface area contributed by atoms with Gasteiger partial charge in [-0.3, -0.25) is 0 Å². The molecule has 0 radical (unpaired) electrons. The van der Waals surface area contributed by atoms with Crippen molar-refractivity contribution in [1.82, 2.24) is 10.3 Å². The molecule has 0 atom stereocenters. The molecule has 2 N–H and O–H groups in total. The van der Waals surface area contributed by atoms with E-state index in [0.29, 0.717) is 11.8 Å². The fourth-order valence-electron chi connectivity index (χ4n) is 2.03. The smallest absolute Gasteiger partial charge is 0.240 e. The first-order valence-electron chi connectivity index (χ1n) is 6.58. The summed E-state index contributed by atoms with van der Waals surface area (Å²) >= 11 is 0. The molecule has 0 saturated heterocycles. The maximum absolute atomic E-state index is 12.1. The summed E-state index contributed by atoms with van der Waals surface area (Å²) in [6, 6.07) is 6.90. The van der Waals surface area contributed by atoms with Crippen LogP contribution < -0.4 is 10.3 Å². The van der Waals surface area contributed by atoms with E-state index in [1.807, 2.05) is 6.92 Å². The van der Waals surface area contributed by atoms with Gasteiger partial charge in [0.25, 0.3) is 10.0 Å². The van der Waals surface area contributed by atoms with Crippen LogP contribution in [0.2, 0.25) is 0 Å². The largest absolute Gasteiger partial charge is 0.253 e. The first kappa shape index (κ1) is 16.1. The van der Waals surface area contributed by atoms with Crippen LogP contribution in [-0.2, 0) is 10.0 Å². The van der Waals surface area contributed by atoms with Gasteiger partial charge in [-0.1, -0.05) is 45.4 Å². The number of benzene rings is 1. The summed E-state index contributed by atoms with van der Waals surface area (Å²) in [7, 11) is -3.50. The van der Waals surface area contributed by atoms with Gasteiger partial charge in [0.05, 0.1) is 4.90 Å². The average Bonchev–Trinajstić information content (AvgIpc) is 2.28. The van der Waals surface area contributed by atoms with Gasteiger partial charge in [0.2, 0.25) is 0 Å². The Balaban J connectivity index is 2.78.